The van der Waals surface area contributed by atoms with Crippen LogP contribution in [-0.4, -0.2) is 25.7 Å². The fraction of sp³-hybridized carbons (Fsp3) is 0.286. The topological polar surface area (TPSA) is 18.5 Å². The van der Waals surface area contributed by atoms with Crippen LogP contribution in [0.1, 0.15) is 11.1 Å². The van der Waals surface area contributed by atoms with Gasteiger partial charge in [0.05, 0.1) is 24.3 Å². The molecular formula is C28H22Cl4F4O2S. The quantitative estimate of drug-likeness (QED) is 0.268. The minimum absolute atomic E-state index is 0.00172. The summed E-state index contributed by atoms with van der Waals surface area (Å²) in [5.74, 6) is -2.58. The van der Waals surface area contributed by atoms with E-state index >= 15 is 8.78 Å². The van der Waals surface area contributed by atoms with Gasteiger partial charge in [-0.25, -0.2) is 17.6 Å². The molecular weight excluding hydrogens is 618 g/mol. The fourth-order valence-corrected chi connectivity index (χ4v) is 7.05. The predicted molar refractivity (Wildman–Crippen MR) is 153 cm³/mol. The Labute approximate surface area is 248 Å². The van der Waals surface area contributed by atoms with Gasteiger partial charge in [0.2, 0.25) is 0 Å². The highest BCUT2D eigenvalue weighted by molar-refractivity contribution is 7.99. The molecule has 11 heteroatoms. The molecule has 0 radical (unpaired) electrons. The van der Waals surface area contributed by atoms with E-state index in [0.29, 0.717) is 0 Å². The average Bonchev–Trinajstić information content (AvgIpc) is 2.89. The summed E-state index contributed by atoms with van der Waals surface area (Å²) in [5, 5.41) is -0.196. The van der Waals surface area contributed by atoms with Crippen molar-refractivity contribution in [3.05, 3.63) is 104 Å². The SMILES string of the molecule is COc1ccc(C2(F)C=C(F)C=CC2CSCC2C=CC(F)=CC2(F)c2ccc(OC)c(Cl)c2Cl)c(Cl)c1Cl. The number of hydrogen-bond acceptors (Lipinski definition) is 3. The second kappa shape index (κ2) is 12.0. The first-order valence-electron chi connectivity index (χ1n) is 11.6. The summed E-state index contributed by atoms with van der Waals surface area (Å²) in [4.78, 5) is 0. The lowest BCUT2D eigenvalue weighted by Crippen LogP contribution is -2.34. The molecule has 4 rings (SSSR count). The Morgan fingerprint density at radius 3 is 1.44 bits per heavy atom. The van der Waals surface area contributed by atoms with Crippen molar-refractivity contribution in [2.75, 3.05) is 25.7 Å². The maximum Gasteiger partial charge on any atom is 0.165 e. The van der Waals surface area contributed by atoms with E-state index in [-0.39, 0.29) is 54.2 Å². The van der Waals surface area contributed by atoms with Crippen LogP contribution in [-0.2, 0) is 11.3 Å². The summed E-state index contributed by atoms with van der Waals surface area (Å²) in [6.07, 6.45) is 6.82. The van der Waals surface area contributed by atoms with Gasteiger partial charge in [0, 0.05) is 34.5 Å². The van der Waals surface area contributed by atoms with Crippen molar-refractivity contribution in [3.63, 3.8) is 0 Å². The Hall–Kier alpha value is -1.77. The zero-order valence-corrected chi connectivity index (χ0v) is 24.4. The summed E-state index contributed by atoms with van der Waals surface area (Å²) in [6.45, 7) is 0. The Morgan fingerprint density at radius 2 is 1.08 bits per heavy atom. The molecule has 0 aliphatic heterocycles. The Kier molecular flexibility index (Phi) is 9.29. The van der Waals surface area contributed by atoms with Crippen molar-refractivity contribution < 1.29 is 27.0 Å². The third kappa shape index (κ3) is 5.71. The lowest BCUT2D eigenvalue weighted by molar-refractivity contribution is 0.171. The molecule has 2 aliphatic carbocycles. The zero-order valence-electron chi connectivity index (χ0n) is 20.6. The van der Waals surface area contributed by atoms with Crippen molar-refractivity contribution in [1.29, 1.82) is 0 Å². The van der Waals surface area contributed by atoms with Gasteiger partial charge < -0.3 is 9.47 Å². The molecule has 0 aromatic heterocycles. The van der Waals surface area contributed by atoms with Gasteiger partial charge in [0.15, 0.2) is 11.3 Å². The smallest absolute Gasteiger partial charge is 0.165 e. The maximum atomic E-state index is 16.5. The zero-order chi connectivity index (χ0) is 28.5. The number of benzene rings is 2. The van der Waals surface area contributed by atoms with Crippen LogP contribution < -0.4 is 9.47 Å². The van der Waals surface area contributed by atoms with Crippen LogP contribution >= 0.6 is 58.2 Å². The van der Waals surface area contributed by atoms with E-state index in [1.807, 2.05) is 0 Å². The lowest BCUT2D eigenvalue weighted by Gasteiger charge is -2.35. The van der Waals surface area contributed by atoms with E-state index < -0.39 is 34.8 Å². The fourth-order valence-electron chi connectivity index (χ4n) is 4.61. The highest BCUT2D eigenvalue weighted by Crippen LogP contribution is 2.50. The van der Waals surface area contributed by atoms with Crippen LogP contribution in [0.4, 0.5) is 17.6 Å². The normalized spacial score (nSPS) is 26.3. The third-order valence-corrected chi connectivity index (χ3v) is 9.62. The van der Waals surface area contributed by atoms with Crippen LogP contribution in [0.2, 0.25) is 20.1 Å². The predicted octanol–water partition coefficient (Wildman–Crippen LogP) is 10.2. The molecule has 4 unspecified atom stereocenters. The van der Waals surface area contributed by atoms with Crippen LogP contribution in [0, 0.1) is 11.8 Å². The van der Waals surface area contributed by atoms with Gasteiger partial charge in [-0.05, 0) is 36.4 Å². The van der Waals surface area contributed by atoms with Crippen molar-refractivity contribution in [1.82, 2.24) is 0 Å². The van der Waals surface area contributed by atoms with Crippen LogP contribution in [0.5, 0.6) is 11.5 Å². The molecule has 0 saturated carbocycles. The van der Waals surface area contributed by atoms with Crippen molar-refractivity contribution in [2.24, 2.45) is 11.8 Å². The summed E-state index contributed by atoms with van der Waals surface area (Å²) in [7, 11) is 2.78. The second-order valence-electron chi connectivity index (χ2n) is 8.95. The minimum atomic E-state index is -2.34. The van der Waals surface area contributed by atoms with Gasteiger partial charge in [-0.2, -0.15) is 11.8 Å². The highest BCUT2D eigenvalue weighted by atomic mass is 35.5. The van der Waals surface area contributed by atoms with Crippen molar-refractivity contribution >= 4 is 58.2 Å². The van der Waals surface area contributed by atoms with Gasteiger partial charge >= 0.3 is 0 Å². The van der Waals surface area contributed by atoms with Crippen LogP contribution in [0.15, 0.2) is 72.4 Å². The molecule has 0 saturated heterocycles. The first-order chi connectivity index (χ1) is 18.5. The number of hydrogen-bond donors (Lipinski definition) is 0. The molecule has 2 aromatic rings. The average molecular weight is 640 g/mol. The van der Waals surface area contributed by atoms with Crippen LogP contribution in [0.25, 0.3) is 0 Å². The molecule has 0 heterocycles. The third-order valence-electron chi connectivity index (χ3n) is 6.70. The number of rotatable bonds is 8. The molecule has 39 heavy (non-hydrogen) atoms. The standard InChI is InChI=1S/C28H22Cl4F4O2S/c1-37-21-9-7-19(23(29)25(21)31)27(35)11-17(33)5-3-15(27)13-39-14-16-4-6-18(34)12-28(16,36)20-8-10-22(38-2)26(32)24(20)30/h3-12,15-16H,13-14H2,1-2H3. The number of thioether (sulfide) groups is 1. The molecule has 208 valence electrons. The van der Waals surface area contributed by atoms with Gasteiger partial charge in [0.25, 0.3) is 0 Å². The Balaban J connectivity index is 1.59. The lowest BCUT2D eigenvalue weighted by atomic mass is 9.80. The summed E-state index contributed by atoms with van der Waals surface area (Å²) in [6, 6.07) is 5.70. The van der Waals surface area contributed by atoms with Crippen molar-refractivity contribution in [2.45, 2.75) is 11.3 Å². The maximum absolute atomic E-state index is 16.5. The summed E-state index contributed by atoms with van der Waals surface area (Å²) in [5.41, 5.74) is -4.73. The number of ether oxygens (including phenoxy) is 2. The number of alkyl halides is 2. The number of halogens is 8. The second-order valence-corrected chi connectivity index (χ2v) is 11.5. The Morgan fingerprint density at radius 1 is 0.692 bits per heavy atom. The molecule has 0 N–H and O–H groups in total. The van der Waals surface area contributed by atoms with Gasteiger partial charge in [0.1, 0.15) is 33.2 Å². The van der Waals surface area contributed by atoms with E-state index in [2.05, 4.69) is 0 Å². The summed E-state index contributed by atoms with van der Waals surface area (Å²) >= 11 is 26.4. The van der Waals surface area contributed by atoms with Gasteiger partial charge in [-0.1, -0.05) is 70.7 Å². The highest BCUT2D eigenvalue weighted by Gasteiger charge is 2.45. The molecule has 0 spiro atoms. The first kappa shape index (κ1) is 30.2. The minimum Gasteiger partial charge on any atom is -0.495 e. The van der Waals surface area contributed by atoms with Crippen molar-refractivity contribution in [3.8, 4) is 11.5 Å². The number of allylic oxidation sites excluding steroid dienone is 8. The van der Waals surface area contributed by atoms with E-state index in [4.69, 9.17) is 55.9 Å². The largest absolute Gasteiger partial charge is 0.495 e. The number of methoxy groups -OCH3 is 2. The Bertz CT molecular complexity index is 1290. The molecule has 0 amide bonds. The van der Waals surface area contributed by atoms with E-state index in [1.165, 1.54) is 74.6 Å². The van der Waals surface area contributed by atoms with Gasteiger partial charge in [-0.15, -0.1) is 0 Å². The molecule has 0 bridgehead atoms. The summed E-state index contributed by atoms with van der Waals surface area (Å²) < 4.78 is 71.9. The molecule has 2 aromatic carbocycles. The van der Waals surface area contributed by atoms with E-state index in [0.717, 1.165) is 12.2 Å². The van der Waals surface area contributed by atoms with E-state index in [9.17, 15) is 8.78 Å². The van der Waals surface area contributed by atoms with Gasteiger partial charge in [-0.3, -0.25) is 0 Å². The monoisotopic (exact) mass is 638 g/mol. The molecule has 0 fully saturated rings. The van der Waals surface area contributed by atoms with E-state index in [1.54, 1.807) is 0 Å². The first-order valence-corrected chi connectivity index (χ1v) is 14.3. The molecule has 2 aliphatic rings. The van der Waals surface area contributed by atoms with Crippen LogP contribution in [0.3, 0.4) is 0 Å². The molecule has 4 atom stereocenters. The molecule has 2 nitrogen and oxygen atoms in total.